The van der Waals surface area contributed by atoms with Gasteiger partial charge in [0.1, 0.15) is 11.6 Å². The van der Waals surface area contributed by atoms with Gasteiger partial charge in [0, 0.05) is 23.9 Å². The number of aromatic nitrogens is 4. The predicted octanol–water partition coefficient (Wildman–Crippen LogP) is 3.44. The number of anilines is 2. The van der Waals surface area contributed by atoms with Crippen molar-refractivity contribution in [1.82, 2.24) is 20.2 Å². The number of nitrogens with zero attached hydrogens (tertiary/aromatic N) is 3. The minimum absolute atomic E-state index is 0.0648. The Morgan fingerprint density at radius 2 is 1.93 bits per heavy atom. The van der Waals surface area contributed by atoms with Crippen molar-refractivity contribution >= 4 is 21.5 Å². The van der Waals surface area contributed by atoms with E-state index in [0.717, 1.165) is 23.4 Å². The number of aromatic amines is 1. The Labute approximate surface area is 159 Å². The maximum absolute atomic E-state index is 12.7. The molecule has 0 aliphatic carbocycles. The molecule has 0 radical (unpaired) electrons. The third kappa shape index (κ3) is 3.98. The quantitative estimate of drug-likeness (QED) is 0.667. The van der Waals surface area contributed by atoms with Crippen LogP contribution in [-0.4, -0.2) is 34.1 Å². The molecule has 1 aromatic carbocycles. The number of halogens is 3. The Bertz CT molecular complexity index is 1110. The largest absolute Gasteiger partial charge is 0.501 e. The summed E-state index contributed by atoms with van der Waals surface area (Å²) in [6.07, 6.45) is 1.56. The van der Waals surface area contributed by atoms with Crippen LogP contribution >= 0.6 is 0 Å². The van der Waals surface area contributed by atoms with Gasteiger partial charge in [0.2, 0.25) is 0 Å². The second-order valence-corrected chi connectivity index (χ2v) is 8.02. The minimum Gasteiger partial charge on any atom is -0.323 e. The van der Waals surface area contributed by atoms with Crippen molar-refractivity contribution in [3.05, 3.63) is 59.2 Å². The van der Waals surface area contributed by atoms with Gasteiger partial charge in [-0.15, -0.1) is 0 Å². The van der Waals surface area contributed by atoms with Gasteiger partial charge in [0.15, 0.2) is 5.82 Å². The van der Waals surface area contributed by atoms with E-state index in [1.165, 1.54) is 18.3 Å². The van der Waals surface area contributed by atoms with Crippen LogP contribution in [-0.2, 0) is 16.3 Å². The Hall–Kier alpha value is -2.95. The zero-order valence-electron chi connectivity index (χ0n) is 14.9. The maximum atomic E-state index is 12.7. The number of hydrogen-bond acceptors (Lipinski definition) is 6. The lowest BCUT2D eigenvalue weighted by atomic mass is 10.1. The standard InChI is InChI=1S/C17H16F3N5O2S/c1-10-11(2)24-25-16(10)23-14-6-7-21-15(22-14)9-12-4-3-5-13(8-12)28(26,27)17(18,19)20/h3-8H,9H2,1-2H3,(H2,21,22,23,24,25). The highest BCUT2D eigenvalue weighted by Crippen LogP contribution is 2.30. The monoisotopic (exact) mass is 411 g/mol. The summed E-state index contributed by atoms with van der Waals surface area (Å²) in [5.41, 5.74) is -3.19. The molecular weight excluding hydrogens is 395 g/mol. The predicted molar refractivity (Wildman–Crippen MR) is 95.9 cm³/mol. The first-order chi connectivity index (χ1) is 13.1. The second kappa shape index (κ2) is 7.23. The van der Waals surface area contributed by atoms with Crippen molar-refractivity contribution in [2.24, 2.45) is 0 Å². The van der Waals surface area contributed by atoms with Crippen molar-refractivity contribution in [1.29, 1.82) is 0 Å². The number of H-pyrrole nitrogens is 1. The number of aryl methyl sites for hydroxylation is 1. The van der Waals surface area contributed by atoms with Crippen molar-refractivity contribution in [2.45, 2.75) is 30.7 Å². The summed E-state index contributed by atoms with van der Waals surface area (Å²) in [5.74, 6) is 1.37. The smallest absolute Gasteiger partial charge is 0.323 e. The molecule has 28 heavy (non-hydrogen) atoms. The summed E-state index contributed by atoms with van der Waals surface area (Å²) >= 11 is 0. The number of rotatable bonds is 5. The van der Waals surface area contributed by atoms with Crippen LogP contribution in [0.25, 0.3) is 0 Å². The topological polar surface area (TPSA) is 101 Å². The summed E-state index contributed by atoms with van der Waals surface area (Å²) in [5, 5.41) is 9.99. The summed E-state index contributed by atoms with van der Waals surface area (Å²) in [7, 11) is -5.41. The van der Waals surface area contributed by atoms with Crippen LogP contribution < -0.4 is 5.32 Å². The molecule has 0 aliphatic rings. The highest BCUT2D eigenvalue weighted by molar-refractivity contribution is 7.92. The lowest BCUT2D eigenvalue weighted by Crippen LogP contribution is -2.23. The molecule has 7 nitrogen and oxygen atoms in total. The summed E-state index contributed by atoms with van der Waals surface area (Å²) in [4.78, 5) is 7.59. The Kier molecular flexibility index (Phi) is 5.11. The van der Waals surface area contributed by atoms with Crippen LogP contribution in [0, 0.1) is 13.8 Å². The van der Waals surface area contributed by atoms with Gasteiger partial charge in [-0.3, -0.25) is 5.10 Å². The Morgan fingerprint density at radius 1 is 1.18 bits per heavy atom. The lowest BCUT2D eigenvalue weighted by Gasteiger charge is -2.10. The molecule has 0 unspecified atom stereocenters. The maximum Gasteiger partial charge on any atom is 0.501 e. The van der Waals surface area contributed by atoms with Crippen LogP contribution in [0.3, 0.4) is 0 Å². The first-order valence-electron chi connectivity index (χ1n) is 8.09. The van der Waals surface area contributed by atoms with Crippen molar-refractivity contribution in [2.75, 3.05) is 5.32 Å². The number of sulfone groups is 1. The van der Waals surface area contributed by atoms with Gasteiger partial charge in [0.25, 0.3) is 9.84 Å². The molecule has 11 heteroatoms. The summed E-state index contributed by atoms with van der Waals surface area (Å²) in [6, 6.07) is 6.28. The van der Waals surface area contributed by atoms with Crippen LogP contribution in [0.5, 0.6) is 0 Å². The Morgan fingerprint density at radius 3 is 2.57 bits per heavy atom. The van der Waals surface area contributed by atoms with E-state index in [9.17, 15) is 21.6 Å². The fraction of sp³-hybridized carbons (Fsp3) is 0.235. The summed E-state index contributed by atoms with van der Waals surface area (Å²) in [6.45, 7) is 3.76. The number of alkyl halides is 3. The molecule has 0 atom stereocenters. The third-order valence-corrected chi connectivity index (χ3v) is 5.56. The van der Waals surface area contributed by atoms with Crippen LogP contribution in [0.4, 0.5) is 24.8 Å². The fourth-order valence-corrected chi connectivity index (χ4v) is 3.25. The van der Waals surface area contributed by atoms with Gasteiger partial charge in [-0.25, -0.2) is 18.4 Å². The molecule has 2 aromatic heterocycles. The zero-order chi connectivity index (χ0) is 20.5. The molecule has 0 spiro atoms. The Balaban J connectivity index is 1.83. The molecule has 0 saturated carbocycles. The van der Waals surface area contributed by atoms with E-state index in [-0.39, 0.29) is 6.42 Å². The molecule has 0 amide bonds. The third-order valence-electron chi connectivity index (χ3n) is 4.08. The van der Waals surface area contributed by atoms with Crippen molar-refractivity contribution in [3.8, 4) is 0 Å². The van der Waals surface area contributed by atoms with Crippen LogP contribution in [0.1, 0.15) is 22.6 Å². The molecule has 2 heterocycles. The average molecular weight is 411 g/mol. The van der Waals surface area contributed by atoms with Gasteiger partial charge in [-0.2, -0.15) is 18.3 Å². The van der Waals surface area contributed by atoms with Crippen molar-refractivity contribution in [3.63, 3.8) is 0 Å². The number of benzene rings is 1. The molecular formula is C17H16F3N5O2S. The SMILES string of the molecule is Cc1[nH]nc(Nc2ccnc(Cc3cccc(S(=O)(=O)C(F)(F)F)c3)n2)c1C. The molecule has 0 aliphatic heterocycles. The van der Waals surface area contributed by atoms with Gasteiger partial charge in [-0.05, 0) is 37.6 Å². The first-order valence-corrected chi connectivity index (χ1v) is 9.57. The van der Waals surface area contributed by atoms with Gasteiger partial charge in [0.05, 0.1) is 4.90 Å². The zero-order valence-corrected chi connectivity index (χ0v) is 15.7. The minimum atomic E-state index is -5.41. The van der Waals surface area contributed by atoms with E-state index in [1.54, 1.807) is 6.07 Å². The van der Waals surface area contributed by atoms with E-state index < -0.39 is 20.2 Å². The first kappa shape index (κ1) is 19.8. The van der Waals surface area contributed by atoms with Gasteiger partial charge in [-0.1, -0.05) is 12.1 Å². The lowest BCUT2D eigenvalue weighted by molar-refractivity contribution is -0.0436. The number of nitrogens with one attached hydrogen (secondary N) is 2. The normalized spacial score (nSPS) is 12.2. The van der Waals surface area contributed by atoms with Gasteiger partial charge < -0.3 is 5.32 Å². The van der Waals surface area contributed by atoms with E-state index in [2.05, 4.69) is 25.5 Å². The molecule has 2 N–H and O–H groups in total. The molecule has 3 aromatic rings. The van der Waals surface area contributed by atoms with Gasteiger partial charge >= 0.3 is 5.51 Å². The van der Waals surface area contributed by atoms with Crippen LogP contribution in [0.15, 0.2) is 41.4 Å². The summed E-state index contributed by atoms with van der Waals surface area (Å²) < 4.78 is 61.4. The van der Waals surface area contributed by atoms with E-state index in [4.69, 9.17) is 0 Å². The molecule has 148 valence electrons. The van der Waals surface area contributed by atoms with E-state index in [1.807, 2.05) is 13.8 Å². The van der Waals surface area contributed by atoms with Crippen molar-refractivity contribution < 1.29 is 21.6 Å². The molecule has 0 fully saturated rings. The van der Waals surface area contributed by atoms with E-state index >= 15 is 0 Å². The highest BCUT2D eigenvalue weighted by atomic mass is 32.2. The second-order valence-electron chi connectivity index (χ2n) is 6.08. The molecule has 0 saturated heterocycles. The molecule has 0 bridgehead atoms. The molecule has 3 rings (SSSR count). The highest BCUT2D eigenvalue weighted by Gasteiger charge is 2.46. The number of hydrogen-bond donors (Lipinski definition) is 2. The van der Waals surface area contributed by atoms with E-state index in [0.29, 0.717) is 23.0 Å². The average Bonchev–Trinajstić information content (AvgIpc) is 2.93. The van der Waals surface area contributed by atoms with Crippen LogP contribution in [0.2, 0.25) is 0 Å². The fourth-order valence-electron chi connectivity index (χ4n) is 2.42.